The van der Waals surface area contributed by atoms with E-state index in [1.54, 1.807) is 11.8 Å². The largest absolute Gasteiger partial charge is 0.335 e. The fourth-order valence-corrected chi connectivity index (χ4v) is 1.65. The Labute approximate surface area is 58.0 Å². The van der Waals surface area contributed by atoms with Crippen molar-refractivity contribution in [3.8, 4) is 0 Å². The molecule has 2 rings (SSSR count). The van der Waals surface area contributed by atoms with Crippen molar-refractivity contribution >= 4 is 18.0 Å². The molecule has 0 saturated carbocycles. The van der Waals surface area contributed by atoms with Gasteiger partial charge in [0, 0.05) is 12.4 Å². The van der Waals surface area contributed by atoms with Crippen LogP contribution in [0.2, 0.25) is 0 Å². The van der Waals surface area contributed by atoms with Crippen LogP contribution in [0.4, 0.5) is 0 Å². The SMILES string of the molecule is C1=CN2CSC=C2C=N1. The summed E-state index contributed by atoms with van der Waals surface area (Å²) >= 11 is 1.80. The van der Waals surface area contributed by atoms with Gasteiger partial charge in [-0.2, -0.15) is 0 Å². The molecule has 0 atom stereocenters. The van der Waals surface area contributed by atoms with E-state index in [0.717, 1.165) is 5.88 Å². The predicted octanol–water partition coefficient (Wildman–Crippen LogP) is 1.39. The first-order valence-electron chi connectivity index (χ1n) is 2.75. The summed E-state index contributed by atoms with van der Waals surface area (Å²) in [5.41, 5.74) is 1.21. The summed E-state index contributed by atoms with van der Waals surface area (Å²) in [5.74, 6) is 1.04. The Morgan fingerprint density at radius 1 is 1.67 bits per heavy atom. The van der Waals surface area contributed by atoms with Crippen LogP contribution in [0.1, 0.15) is 0 Å². The first-order chi connectivity index (χ1) is 4.47. The molecular formula is C6H6N2S. The molecule has 0 unspecified atom stereocenters. The van der Waals surface area contributed by atoms with Gasteiger partial charge in [-0.05, 0) is 5.41 Å². The molecule has 0 aromatic rings. The average molecular weight is 138 g/mol. The Morgan fingerprint density at radius 3 is 3.56 bits per heavy atom. The summed E-state index contributed by atoms with van der Waals surface area (Å²) in [6.45, 7) is 0. The van der Waals surface area contributed by atoms with Crippen molar-refractivity contribution < 1.29 is 0 Å². The van der Waals surface area contributed by atoms with Crippen LogP contribution in [0.5, 0.6) is 0 Å². The van der Waals surface area contributed by atoms with E-state index in [-0.39, 0.29) is 0 Å². The van der Waals surface area contributed by atoms with Crippen LogP contribution in [-0.4, -0.2) is 17.0 Å². The third kappa shape index (κ3) is 0.772. The lowest BCUT2D eigenvalue weighted by Gasteiger charge is -2.14. The molecule has 0 aliphatic carbocycles. The molecule has 0 aromatic carbocycles. The Kier molecular flexibility index (Phi) is 1.09. The number of allylic oxidation sites excluding steroid dienone is 1. The highest BCUT2D eigenvalue weighted by atomic mass is 32.2. The molecule has 0 amide bonds. The number of hydrogen-bond donors (Lipinski definition) is 0. The Hall–Kier alpha value is -0.700. The lowest BCUT2D eigenvalue weighted by Crippen LogP contribution is -2.13. The van der Waals surface area contributed by atoms with Crippen molar-refractivity contribution in [1.29, 1.82) is 0 Å². The number of aliphatic imine (C=N–C) groups is 1. The van der Waals surface area contributed by atoms with Crippen molar-refractivity contribution in [3.05, 3.63) is 23.5 Å². The van der Waals surface area contributed by atoms with Gasteiger partial charge in [0.1, 0.15) is 0 Å². The van der Waals surface area contributed by atoms with Gasteiger partial charge in [-0.15, -0.1) is 11.8 Å². The first kappa shape index (κ1) is 5.11. The summed E-state index contributed by atoms with van der Waals surface area (Å²) in [7, 11) is 0. The molecule has 0 fully saturated rings. The summed E-state index contributed by atoms with van der Waals surface area (Å²) in [5, 5.41) is 2.12. The van der Waals surface area contributed by atoms with Gasteiger partial charge in [0.25, 0.3) is 0 Å². The Bertz CT molecular complexity index is 202. The van der Waals surface area contributed by atoms with Gasteiger partial charge in [0.05, 0.1) is 17.8 Å². The molecule has 2 nitrogen and oxygen atoms in total. The van der Waals surface area contributed by atoms with Gasteiger partial charge in [0.2, 0.25) is 0 Å². The van der Waals surface area contributed by atoms with E-state index in [0.29, 0.717) is 0 Å². The van der Waals surface area contributed by atoms with E-state index < -0.39 is 0 Å². The van der Waals surface area contributed by atoms with Gasteiger partial charge < -0.3 is 4.90 Å². The minimum atomic E-state index is 1.04. The van der Waals surface area contributed by atoms with Crippen molar-refractivity contribution in [2.45, 2.75) is 0 Å². The predicted molar refractivity (Wildman–Crippen MR) is 40.0 cm³/mol. The van der Waals surface area contributed by atoms with Crippen LogP contribution in [0.25, 0.3) is 0 Å². The van der Waals surface area contributed by atoms with E-state index in [9.17, 15) is 0 Å². The van der Waals surface area contributed by atoms with Crippen molar-refractivity contribution in [3.63, 3.8) is 0 Å². The third-order valence-electron chi connectivity index (χ3n) is 1.29. The minimum absolute atomic E-state index is 1.04. The minimum Gasteiger partial charge on any atom is -0.335 e. The van der Waals surface area contributed by atoms with Crippen LogP contribution >= 0.6 is 11.8 Å². The molecular weight excluding hydrogens is 132 g/mol. The zero-order valence-corrected chi connectivity index (χ0v) is 5.64. The van der Waals surface area contributed by atoms with Crippen LogP contribution in [0.3, 0.4) is 0 Å². The van der Waals surface area contributed by atoms with Crippen LogP contribution < -0.4 is 0 Å². The van der Waals surface area contributed by atoms with Gasteiger partial charge >= 0.3 is 0 Å². The number of thioether (sulfide) groups is 1. The van der Waals surface area contributed by atoms with Crippen LogP contribution in [0, 0.1) is 0 Å². The molecule has 2 aliphatic rings. The summed E-state index contributed by atoms with van der Waals surface area (Å²) in [4.78, 5) is 6.16. The maximum absolute atomic E-state index is 3.99. The van der Waals surface area contributed by atoms with Gasteiger partial charge in [0.15, 0.2) is 0 Å². The molecule has 0 saturated heterocycles. The maximum atomic E-state index is 3.99. The standard InChI is InChI=1S/C6H6N2S/c1-2-8-5-9-4-6(8)3-7-1/h1-4H,5H2. The van der Waals surface area contributed by atoms with Crippen molar-refractivity contribution in [2.75, 3.05) is 5.88 Å². The van der Waals surface area contributed by atoms with E-state index in [1.165, 1.54) is 5.70 Å². The van der Waals surface area contributed by atoms with Gasteiger partial charge in [-0.25, -0.2) is 0 Å². The molecule has 3 heteroatoms. The van der Waals surface area contributed by atoms with Crippen molar-refractivity contribution in [1.82, 2.24) is 4.90 Å². The summed E-state index contributed by atoms with van der Waals surface area (Å²) in [6, 6.07) is 0. The molecule has 0 N–H and O–H groups in total. The molecule has 2 heterocycles. The maximum Gasteiger partial charge on any atom is 0.0725 e. The number of hydrogen-bond acceptors (Lipinski definition) is 3. The third-order valence-corrected chi connectivity index (χ3v) is 2.12. The topological polar surface area (TPSA) is 15.6 Å². The number of rotatable bonds is 0. The summed E-state index contributed by atoms with van der Waals surface area (Å²) < 4.78 is 0. The van der Waals surface area contributed by atoms with Crippen molar-refractivity contribution in [2.24, 2.45) is 4.99 Å². The zero-order valence-electron chi connectivity index (χ0n) is 4.82. The molecule has 9 heavy (non-hydrogen) atoms. The van der Waals surface area contributed by atoms with E-state index in [1.807, 2.05) is 18.6 Å². The monoisotopic (exact) mass is 138 g/mol. The lowest BCUT2D eigenvalue weighted by atomic mass is 10.4. The molecule has 0 aromatic heterocycles. The van der Waals surface area contributed by atoms with Gasteiger partial charge in [-0.1, -0.05) is 0 Å². The lowest BCUT2D eigenvalue weighted by molar-refractivity contribution is 0.584. The fraction of sp³-hybridized carbons (Fsp3) is 0.167. The van der Waals surface area contributed by atoms with E-state index in [2.05, 4.69) is 15.3 Å². The molecule has 0 bridgehead atoms. The second-order valence-corrected chi connectivity index (χ2v) is 2.71. The molecule has 0 radical (unpaired) electrons. The highest BCUT2D eigenvalue weighted by Crippen LogP contribution is 2.23. The average Bonchev–Trinajstić information content (AvgIpc) is 2.33. The smallest absolute Gasteiger partial charge is 0.0725 e. The highest BCUT2D eigenvalue weighted by molar-refractivity contribution is 8.02. The van der Waals surface area contributed by atoms with Gasteiger partial charge in [-0.3, -0.25) is 4.99 Å². The highest BCUT2D eigenvalue weighted by Gasteiger charge is 2.11. The fourth-order valence-electron chi connectivity index (χ4n) is 0.817. The normalized spacial score (nSPS) is 22.2. The number of nitrogens with zero attached hydrogens (tertiary/aromatic N) is 2. The first-order valence-corrected chi connectivity index (χ1v) is 3.80. The van der Waals surface area contributed by atoms with E-state index in [4.69, 9.17) is 0 Å². The molecule has 2 aliphatic heterocycles. The van der Waals surface area contributed by atoms with Crippen LogP contribution in [-0.2, 0) is 0 Å². The molecule has 0 spiro atoms. The second kappa shape index (κ2) is 1.92. The quantitative estimate of drug-likeness (QED) is 0.502. The number of fused-ring (bicyclic) bond motifs is 1. The summed E-state index contributed by atoms with van der Waals surface area (Å²) in [6.07, 6.45) is 5.68. The molecule has 46 valence electrons. The van der Waals surface area contributed by atoms with E-state index >= 15 is 0 Å². The second-order valence-electron chi connectivity index (χ2n) is 1.88. The van der Waals surface area contributed by atoms with Crippen LogP contribution in [0.15, 0.2) is 28.5 Å². The zero-order chi connectivity index (χ0) is 6.10. The Morgan fingerprint density at radius 2 is 2.67 bits per heavy atom. The Balaban J connectivity index is 2.33.